The molecule has 0 saturated carbocycles. The van der Waals surface area contributed by atoms with Gasteiger partial charge in [0.05, 0.1) is 16.8 Å². The van der Waals surface area contributed by atoms with Crippen LogP contribution >= 0.6 is 0 Å². The second-order valence-corrected chi connectivity index (χ2v) is 9.92. The number of amides is 1. The predicted octanol–water partition coefficient (Wildman–Crippen LogP) is 5.98. The summed E-state index contributed by atoms with van der Waals surface area (Å²) in [5.74, 6) is -0.560. The molecule has 0 radical (unpaired) electrons. The third kappa shape index (κ3) is 4.60. The molecule has 5 heteroatoms. The standard InChI is InChI=1S/C30H32N2O3/c1-19-11-13-22(14-12-19)17-23-15-16-25-28(24-9-4-5-10-26(24)31-29(23)25)30(34)35-18-27(33)32-20(2)7-6-8-21(32)3/h4-5,9-14,17,20-21H,6-8,15-16,18H2,1-3H3. The van der Waals surface area contributed by atoms with Crippen LogP contribution in [0.5, 0.6) is 0 Å². The number of hydrogen-bond acceptors (Lipinski definition) is 4. The van der Waals surface area contributed by atoms with Crippen molar-refractivity contribution in [2.75, 3.05) is 6.61 Å². The first-order chi connectivity index (χ1) is 16.9. The zero-order chi connectivity index (χ0) is 24.5. The van der Waals surface area contributed by atoms with Crippen molar-refractivity contribution >= 4 is 34.4 Å². The first-order valence-corrected chi connectivity index (χ1v) is 12.6. The third-order valence-corrected chi connectivity index (χ3v) is 7.37. The summed E-state index contributed by atoms with van der Waals surface area (Å²) in [5.41, 5.74) is 6.55. The summed E-state index contributed by atoms with van der Waals surface area (Å²) in [7, 11) is 0. The van der Waals surface area contributed by atoms with Gasteiger partial charge in [0, 0.05) is 17.5 Å². The van der Waals surface area contributed by atoms with Crippen molar-refractivity contribution in [2.24, 2.45) is 0 Å². The van der Waals surface area contributed by atoms with E-state index in [9.17, 15) is 9.59 Å². The lowest BCUT2D eigenvalue weighted by atomic mass is 9.97. The monoisotopic (exact) mass is 468 g/mol. The number of aryl methyl sites for hydroxylation is 1. The van der Waals surface area contributed by atoms with Crippen LogP contribution in [0.2, 0.25) is 0 Å². The molecule has 5 nitrogen and oxygen atoms in total. The summed E-state index contributed by atoms with van der Waals surface area (Å²) in [4.78, 5) is 33.2. The molecule has 0 N–H and O–H groups in total. The molecule has 180 valence electrons. The third-order valence-electron chi connectivity index (χ3n) is 7.37. The molecule has 2 atom stereocenters. The van der Waals surface area contributed by atoms with Crippen LogP contribution in [0, 0.1) is 6.92 Å². The lowest BCUT2D eigenvalue weighted by molar-refractivity contribution is -0.140. The van der Waals surface area contributed by atoms with Crippen molar-refractivity contribution in [3.8, 4) is 0 Å². The lowest BCUT2D eigenvalue weighted by Crippen LogP contribution is -2.49. The number of pyridine rings is 1. The van der Waals surface area contributed by atoms with Crippen molar-refractivity contribution in [1.82, 2.24) is 9.88 Å². The maximum Gasteiger partial charge on any atom is 0.339 e. The van der Waals surface area contributed by atoms with E-state index in [4.69, 9.17) is 9.72 Å². The maximum atomic E-state index is 13.4. The van der Waals surface area contributed by atoms with E-state index < -0.39 is 5.97 Å². The molecule has 2 unspecified atom stereocenters. The normalized spacial score (nSPS) is 20.8. The number of rotatable bonds is 4. The summed E-state index contributed by atoms with van der Waals surface area (Å²) in [6.07, 6.45) is 6.80. The number of nitrogens with zero attached hydrogens (tertiary/aromatic N) is 2. The highest BCUT2D eigenvalue weighted by atomic mass is 16.5. The fraction of sp³-hybridized carbons (Fsp3) is 0.367. The summed E-state index contributed by atoms with van der Waals surface area (Å²) in [6.45, 7) is 5.98. The number of aromatic nitrogens is 1. The Labute approximate surface area is 206 Å². The predicted molar refractivity (Wildman–Crippen MR) is 139 cm³/mol. The Bertz CT molecular complexity index is 1300. The molecule has 1 amide bonds. The van der Waals surface area contributed by atoms with Crippen LogP contribution in [0.4, 0.5) is 0 Å². The van der Waals surface area contributed by atoms with Gasteiger partial charge in [-0.15, -0.1) is 0 Å². The molecule has 2 heterocycles. The minimum Gasteiger partial charge on any atom is -0.452 e. The van der Waals surface area contributed by atoms with E-state index in [-0.39, 0.29) is 24.6 Å². The summed E-state index contributed by atoms with van der Waals surface area (Å²) in [6, 6.07) is 16.4. The average molecular weight is 469 g/mol. The highest BCUT2D eigenvalue weighted by Crippen LogP contribution is 2.38. The molecule has 3 aromatic rings. The highest BCUT2D eigenvalue weighted by molar-refractivity contribution is 6.07. The van der Waals surface area contributed by atoms with E-state index in [1.807, 2.05) is 29.2 Å². The molecule has 35 heavy (non-hydrogen) atoms. The molecule has 0 spiro atoms. The second-order valence-electron chi connectivity index (χ2n) is 9.92. The van der Waals surface area contributed by atoms with Crippen LogP contribution < -0.4 is 0 Å². The number of benzene rings is 2. The van der Waals surface area contributed by atoms with Gasteiger partial charge in [-0.3, -0.25) is 4.79 Å². The van der Waals surface area contributed by atoms with Gasteiger partial charge in [-0.05, 0) is 81.7 Å². The highest BCUT2D eigenvalue weighted by Gasteiger charge is 2.31. The van der Waals surface area contributed by atoms with Crippen LogP contribution in [0.3, 0.4) is 0 Å². The van der Waals surface area contributed by atoms with Crippen molar-refractivity contribution in [3.05, 3.63) is 76.5 Å². The first kappa shape index (κ1) is 23.3. The molecule has 1 fully saturated rings. The van der Waals surface area contributed by atoms with Gasteiger partial charge in [0.1, 0.15) is 0 Å². The fourth-order valence-corrected chi connectivity index (χ4v) is 5.56. The molecule has 1 aliphatic heterocycles. The van der Waals surface area contributed by atoms with Crippen LogP contribution in [0.15, 0.2) is 48.5 Å². The van der Waals surface area contributed by atoms with Crippen molar-refractivity contribution < 1.29 is 14.3 Å². The number of carbonyl (C=O) groups is 2. The zero-order valence-corrected chi connectivity index (χ0v) is 20.7. The number of esters is 1. The number of fused-ring (bicyclic) bond motifs is 2. The molecule has 1 aliphatic carbocycles. The lowest BCUT2D eigenvalue weighted by Gasteiger charge is -2.38. The van der Waals surface area contributed by atoms with Gasteiger partial charge in [0.2, 0.25) is 0 Å². The molecular weight excluding hydrogens is 436 g/mol. The Morgan fingerprint density at radius 2 is 1.74 bits per heavy atom. The van der Waals surface area contributed by atoms with Crippen molar-refractivity contribution in [3.63, 3.8) is 0 Å². The summed E-state index contributed by atoms with van der Waals surface area (Å²) < 4.78 is 5.66. The van der Waals surface area contributed by atoms with E-state index in [0.717, 1.165) is 65.4 Å². The first-order valence-electron chi connectivity index (χ1n) is 12.6. The number of piperidine rings is 1. The van der Waals surface area contributed by atoms with Gasteiger partial charge >= 0.3 is 5.97 Å². The summed E-state index contributed by atoms with van der Waals surface area (Å²) in [5, 5.41) is 0.778. The minimum absolute atomic E-state index is 0.118. The molecule has 1 saturated heterocycles. The smallest absolute Gasteiger partial charge is 0.339 e. The number of likely N-dealkylation sites (tertiary alicyclic amines) is 1. The largest absolute Gasteiger partial charge is 0.452 e. The molecule has 2 aliphatic rings. The maximum absolute atomic E-state index is 13.4. The Kier molecular flexibility index (Phi) is 6.42. The van der Waals surface area contributed by atoms with Gasteiger partial charge < -0.3 is 9.64 Å². The van der Waals surface area contributed by atoms with E-state index in [1.165, 1.54) is 5.56 Å². The van der Waals surface area contributed by atoms with Gasteiger partial charge in [-0.1, -0.05) is 48.0 Å². The Morgan fingerprint density at radius 3 is 2.49 bits per heavy atom. The van der Waals surface area contributed by atoms with E-state index in [1.54, 1.807) is 0 Å². The van der Waals surface area contributed by atoms with Crippen molar-refractivity contribution in [2.45, 2.75) is 65.0 Å². The molecule has 1 aromatic heterocycles. The average Bonchev–Trinajstić information content (AvgIpc) is 3.24. The number of para-hydroxylation sites is 1. The fourth-order valence-electron chi connectivity index (χ4n) is 5.56. The number of ether oxygens (including phenoxy) is 1. The van der Waals surface area contributed by atoms with E-state index in [0.29, 0.717) is 5.56 Å². The molecular formula is C30H32N2O3. The zero-order valence-electron chi connectivity index (χ0n) is 20.7. The van der Waals surface area contributed by atoms with Gasteiger partial charge in [0.25, 0.3) is 5.91 Å². The molecule has 5 rings (SSSR count). The van der Waals surface area contributed by atoms with E-state index in [2.05, 4.69) is 51.1 Å². The van der Waals surface area contributed by atoms with Crippen LogP contribution in [-0.4, -0.2) is 40.5 Å². The van der Waals surface area contributed by atoms with E-state index >= 15 is 0 Å². The second kappa shape index (κ2) is 9.65. The summed E-state index contributed by atoms with van der Waals surface area (Å²) >= 11 is 0. The van der Waals surface area contributed by atoms with Crippen LogP contribution in [0.1, 0.15) is 72.3 Å². The Hall–Kier alpha value is -3.47. The minimum atomic E-state index is -0.442. The van der Waals surface area contributed by atoms with Gasteiger partial charge in [0.15, 0.2) is 6.61 Å². The topological polar surface area (TPSA) is 59.5 Å². The van der Waals surface area contributed by atoms with Gasteiger partial charge in [-0.25, -0.2) is 9.78 Å². The number of carbonyl (C=O) groups excluding carboxylic acids is 2. The Balaban J connectivity index is 1.46. The quantitative estimate of drug-likeness (QED) is 0.442. The molecule has 2 aromatic carbocycles. The van der Waals surface area contributed by atoms with Crippen LogP contribution in [-0.2, 0) is 16.0 Å². The SMILES string of the molecule is Cc1ccc(C=C2CCc3c2nc2ccccc2c3C(=O)OCC(=O)N2C(C)CCCC2C)cc1. The van der Waals surface area contributed by atoms with Crippen LogP contribution in [0.25, 0.3) is 22.6 Å². The molecule has 0 bridgehead atoms. The number of allylic oxidation sites excluding steroid dienone is 1. The van der Waals surface area contributed by atoms with Gasteiger partial charge in [-0.2, -0.15) is 0 Å². The Morgan fingerprint density at radius 1 is 1.03 bits per heavy atom. The number of hydrogen-bond donors (Lipinski definition) is 0. The van der Waals surface area contributed by atoms with Crippen molar-refractivity contribution in [1.29, 1.82) is 0 Å².